The van der Waals surface area contributed by atoms with Gasteiger partial charge in [-0.05, 0) is 37.9 Å². The van der Waals surface area contributed by atoms with Crippen molar-refractivity contribution in [2.45, 2.75) is 25.7 Å². The summed E-state index contributed by atoms with van der Waals surface area (Å²) in [6, 6.07) is 7.91. The molecule has 1 aromatic rings. The molecule has 114 valence electrons. The van der Waals surface area contributed by atoms with E-state index in [9.17, 15) is 4.79 Å². The number of amides is 1. The molecular weight excluding hydrogens is 264 g/mol. The molecule has 1 N–H and O–H groups in total. The maximum atomic E-state index is 12.7. The van der Waals surface area contributed by atoms with Crippen molar-refractivity contribution >= 4 is 5.91 Å². The monoisotopic (exact) mass is 288 g/mol. The molecular formula is C17H24N2O2. The van der Waals surface area contributed by atoms with Crippen LogP contribution in [0.2, 0.25) is 0 Å². The zero-order valence-electron chi connectivity index (χ0n) is 12.7. The number of para-hydroxylation sites is 1. The second-order valence-corrected chi connectivity index (χ2v) is 5.98. The Balaban J connectivity index is 1.58. The fourth-order valence-corrected chi connectivity index (χ4v) is 3.29. The van der Waals surface area contributed by atoms with Crippen LogP contribution in [0.15, 0.2) is 24.3 Å². The van der Waals surface area contributed by atoms with Crippen LogP contribution in [-0.2, 0) is 4.79 Å². The molecule has 2 aliphatic heterocycles. The van der Waals surface area contributed by atoms with Gasteiger partial charge in [0.15, 0.2) is 0 Å². The zero-order chi connectivity index (χ0) is 14.7. The topological polar surface area (TPSA) is 41.6 Å². The number of rotatable bonds is 4. The SMILES string of the molecule is CCNCC1CCN(C(=O)C2COc3ccccc32)CC1. The van der Waals surface area contributed by atoms with Gasteiger partial charge in [-0.25, -0.2) is 0 Å². The van der Waals surface area contributed by atoms with Gasteiger partial charge in [-0.1, -0.05) is 25.1 Å². The molecule has 0 spiro atoms. The lowest BCUT2D eigenvalue weighted by Crippen LogP contribution is -2.43. The summed E-state index contributed by atoms with van der Waals surface area (Å²) in [5, 5.41) is 3.41. The smallest absolute Gasteiger partial charge is 0.233 e. The number of carbonyl (C=O) groups excluding carboxylic acids is 1. The molecule has 1 amide bonds. The molecule has 1 aromatic carbocycles. The number of benzene rings is 1. The highest BCUT2D eigenvalue weighted by atomic mass is 16.5. The molecule has 3 rings (SSSR count). The first-order valence-electron chi connectivity index (χ1n) is 8.00. The van der Waals surface area contributed by atoms with E-state index in [1.54, 1.807) is 0 Å². The second-order valence-electron chi connectivity index (χ2n) is 5.98. The van der Waals surface area contributed by atoms with Gasteiger partial charge in [0.25, 0.3) is 0 Å². The number of hydrogen-bond donors (Lipinski definition) is 1. The molecule has 2 aliphatic rings. The predicted octanol–water partition coefficient (Wildman–Crippen LogP) is 2.01. The number of ether oxygens (including phenoxy) is 1. The van der Waals surface area contributed by atoms with Gasteiger partial charge in [-0.2, -0.15) is 0 Å². The number of likely N-dealkylation sites (tertiary alicyclic amines) is 1. The number of hydrogen-bond acceptors (Lipinski definition) is 3. The Labute approximate surface area is 126 Å². The van der Waals surface area contributed by atoms with Gasteiger partial charge in [0.05, 0.1) is 0 Å². The quantitative estimate of drug-likeness (QED) is 0.921. The van der Waals surface area contributed by atoms with Crippen LogP contribution in [0.5, 0.6) is 5.75 Å². The summed E-state index contributed by atoms with van der Waals surface area (Å²) in [6.45, 7) is 6.50. The molecule has 0 aromatic heterocycles. The maximum Gasteiger partial charge on any atom is 0.233 e. The fraction of sp³-hybridized carbons (Fsp3) is 0.588. The van der Waals surface area contributed by atoms with Crippen LogP contribution >= 0.6 is 0 Å². The minimum atomic E-state index is -0.105. The van der Waals surface area contributed by atoms with Crippen molar-refractivity contribution in [2.24, 2.45) is 5.92 Å². The van der Waals surface area contributed by atoms with Crippen LogP contribution in [0.4, 0.5) is 0 Å². The Morgan fingerprint density at radius 1 is 1.33 bits per heavy atom. The second kappa shape index (κ2) is 6.48. The third kappa shape index (κ3) is 3.05. The molecule has 0 aliphatic carbocycles. The number of carbonyl (C=O) groups is 1. The number of nitrogens with one attached hydrogen (secondary N) is 1. The van der Waals surface area contributed by atoms with E-state index in [2.05, 4.69) is 12.2 Å². The molecule has 4 heteroatoms. The molecule has 1 fully saturated rings. The molecule has 2 heterocycles. The Kier molecular flexibility index (Phi) is 4.44. The summed E-state index contributed by atoms with van der Waals surface area (Å²) >= 11 is 0. The van der Waals surface area contributed by atoms with E-state index in [4.69, 9.17) is 4.74 Å². The fourth-order valence-electron chi connectivity index (χ4n) is 3.29. The van der Waals surface area contributed by atoms with Gasteiger partial charge in [-0.15, -0.1) is 0 Å². The van der Waals surface area contributed by atoms with Gasteiger partial charge in [0.2, 0.25) is 5.91 Å². The lowest BCUT2D eigenvalue weighted by atomic mass is 9.94. The average Bonchev–Trinajstić information content (AvgIpc) is 2.97. The number of piperidine rings is 1. The van der Waals surface area contributed by atoms with E-state index >= 15 is 0 Å². The molecule has 0 radical (unpaired) electrons. The minimum Gasteiger partial charge on any atom is -0.492 e. The molecule has 4 nitrogen and oxygen atoms in total. The highest BCUT2D eigenvalue weighted by molar-refractivity contribution is 5.85. The molecule has 0 bridgehead atoms. The van der Waals surface area contributed by atoms with E-state index in [1.807, 2.05) is 29.2 Å². The summed E-state index contributed by atoms with van der Waals surface area (Å²) < 4.78 is 5.64. The van der Waals surface area contributed by atoms with E-state index in [0.29, 0.717) is 12.5 Å². The van der Waals surface area contributed by atoms with Crippen molar-refractivity contribution in [1.29, 1.82) is 0 Å². The van der Waals surface area contributed by atoms with Gasteiger partial charge in [-0.3, -0.25) is 4.79 Å². The van der Waals surface area contributed by atoms with Gasteiger partial charge < -0.3 is 15.0 Å². The zero-order valence-corrected chi connectivity index (χ0v) is 12.7. The van der Waals surface area contributed by atoms with E-state index in [-0.39, 0.29) is 11.8 Å². The summed E-state index contributed by atoms with van der Waals surface area (Å²) in [5.41, 5.74) is 1.05. The molecule has 1 unspecified atom stereocenters. The third-order valence-corrected chi connectivity index (χ3v) is 4.61. The maximum absolute atomic E-state index is 12.7. The van der Waals surface area contributed by atoms with Crippen LogP contribution in [0.1, 0.15) is 31.2 Å². The number of fused-ring (bicyclic) bond motifs is 1. The van der Waals surface area contributed by atoms with Crippen LogP contribution in [-0.4, -0.2) is 43.6 Å². The lowest BCUT2D eigenvalue weighted by molar-refractivity contribution is -0.134. The van der Waals surface area contributed by atoms with Crippen molar-refractivity contribution in [3.8, 4) is 5.75 Å². The van der Waals surface area contributed by atoms with E-state index in [1.165, 1.54) is 0 Å². The summed E-state index contributed by atoms with van der Waals surface area (Å²) in [4.78, 5) is 14.7. The summed E-state index contributed by atoms with van der Waals surface area (Å²) in [5.74, 6) is 1.72. The first kappa shape index (κ1) is 14.4. The van der Waals surface area contributed by atoms with Crippen molar-refractivity contribution in [3.63, 3.8) is 0 Å². The van der Waals surface area contributed by atoms with E-state index in [0.717, 1.165) is 50.3 Å². The van der Waals surface area contributed by atoms with Gasteiger partial charge >= 0.3 is 0 Å². The van der Waals surface area contributed by atoms with Crippen LogP contribution < -0.4 is 10.1 Å². The first-order chi connectivity index (χ1) is 10.3. The van der Waals surface area contributed by atoms with Crippen molar-refractivity contribution < 1.29 is 9.53 Å². The minimum absolute atomic E-state index is 0.105. The van der Waals surface area contributed by atoms with Crippen molar-refractivity contribution in [3.05, 3.63) is 29.8 Å². The summed E-state index contributed by atoms with van der Waals surface area (Å²) in [6.07, 6.45) is 2.21. The van der Waals surface area contributed by atoms with Gasteiger partial charge in [0.1, 0.15) is 18.3 Å². The van der Waals surface area contributed by atoms with Crippen LogP contribution in [0, 0.1) is 5.92 Å². The van der Waals surface area contributed by atoms with Crippen LogP contribution in [0.25, 0.3) is 0 Å². The van der Waals surface area contributed by atoms with Crippen molar-refractivity contribution in [1.82, 2.24) is 10.2 Å². The average molecular weight is 288 g/mol. The Hall–Kier alpha value is -1.55. The normalized spacial score (nSPS) is 22.0. The predicted molar refractivity (Wildman–Crippen MR) is 82.5 cm³/mol. The highest BCUT2D eigenvalue weighted by Gasteiger charge is 2.34. The first-order valence-corrected chi connectivity index (χ1v) is 8.00. The standard InChI is InChI=1S/C17H24N2O2/c1-2-18-11-13-7-9-19(10-8-13)17(20)15-12-21-16-6-4-3-5-14(15)16/h3-6,13,15,18H,2,7-12H2,1H3. The number of nitrogens with zero attached hydrogens (tertiary/aromatic N) is 1. The Morgan fingerprint density at radius 2 is 2.10 bits per heavy atom. The highest BCUT2D eigenvalue weighted by Crippen LogP contribution is 2.35. The molecule has 1 saturated heterocycles. The molecule has 1 atom stereocenters. The largest absolute Gasteiger partial charge is 0.492 e. The van der Waals surface area contributed by atoms with E-state index < -0.39 is 0 Å². The Bertz CT molecular complexity index is 495. The molecule has 21 heavy (non-hydrogen) atoms. The van der Waals surface area contributed by atoms with Crippen molar-refractivity contribution in [2.75, 3.05) is 32.8 Å². The van der Waals surface area contributed by atoms with Gasteiger partial charge in [0, 0.05) is 18.7 Å². The lowest BCUT2D eigenvalue weighted by Gasteiger charge is -2.33. The summed E-state index contributed by atoms with van der Waals surface area (Å²) in [7, 11) is 0. The van der Waals surface area contributed by atoms with Crippen LogP contribution in [0.3, 0.4) is 0 Å². The molecule has 0 saturated carbocycles. The third-order valence-electron chi connectivity index (χ3n) is 4.61. The Morgan fingerprint density at radius 3 is 2.86 bits per heavy atom.